The van der Waals surface area contributed by atoms with Gasteiger partial charge in [0.25, 0.3) is 0 Å². The molecule has 53 heavy (non-hydrogen) atoms. The standard InChI is InChI=1S/C34H66N4O14S/c35-52-28-27-51-26-25-50-24-23-49-22-21-48-20-19-47-18-17-46-16-15-45-14-13-44-12-11-43-10-9-42-8-7-41-6-5-36-32(39)4-2-1-3-31-33-30(29-53-31)37-34(40)38-33/h30-31,33H,1-29,35H2,(H,36,39)(H2,37,38,40)/t30-,31-,33-/m0/s1. The molecular weight excluding hydrogens is 720 g/mol. The van der Waals surface area contributed by atoms with Gasteiger partial charge in [-0.25, -0.2) is 10.7 Å². The Bertz CT molecular complexity index is 859. The molecule has 2 heterocycles. The molecule has 0 aromatic rings. The van der Waals surface area contributed by atoms with Crippen molar-refractivity contribution in [3.8, 4) is 0 Å². The molecular formula is C34H66N4O14S. The van der Waals surface area contributed by atoms with Crippen LogP contribution in [0.1, 0.15) is 25.7 Å². The van der Waals surface area contributed by atoms with E-state index < -0.39 is 0 Å². The highest BCUT2D eigenvalue weighted by molar-refractivity contribution is 8.00. The predicted octanol–water partition coefficient (Wildman–Crippen LogP) is -0.0987. The van der Waals surface area contributed by atoms with E-state index in [2.05, 4.69) is 20.8 Å². The van der Waals surface area contributed by atoms with Crippen LogP contribution in [0.4, 0.5) is 4.79 Å². The molecule has 2 rings (SSSR count). The SMILES string of the molecule is NOCCOCCOCCOCCOCCOCCOCCOCCOCCOCCOCCOCCNC(=O)CCCC[C@@H]1SC[C@@H]2NC(=O)N[C@@H]21. The number of hydrogen-bond acceptors (Lipinski definition) is 16. The summed E-state index contributed by atoms with van der Waals surface area (Å²) < 4.78 is 59.9. The Kier molecular flexibility index (Phi) is 32.6. The minimum atomic E-state index is -0.0614. The Hall–Kier alpha value is -1.43. The number of rotatable bonds is 41. The smallest absolute Gasteiger partial charge is 0.315 e. The number of carbonyl (C=O) groups excluding carboxylic acids is 2. The summed E-state index contributed by atoms with van der Waals surface area (Å²) in [7, 11) is 0. The summed E-state index contributed by atoms with van der Waals surface area (Å²) in [6, 6.07) is 0.404. The summed E-state index contributed by atoms with van der Waals surface area (Å²) in [6.45, 7) is 11.6. The topological polar surface area (TPSA) is 207 Å². The molecule has 3 atom stereocenters. The first-order chi connectivity index (χ1) is 26.2. The number of urea groups is 1. The summed E-state index contributed by atoms with van der Waals surface area (Å²) in [5, 5.41) is 9.28. The van der Waals surface area contributed by atoms with Crippen molar-refractivity contribution in [3.63, 3.8) is 0 Å². The lowest BCUT2D eigenvalue weighted by Gasteiger charge is -2.16. The average molecular weight is 787 g/mol. The molecule has 18 nitrogen and oxygen atoms in total. The van der Waals surface area contributed by atoms with Gasteiger partial charge >= 0.3 is 6.03 Å². The zero-order valence-electron chi connectivity index (χ0n) is 31.4. The zero-order chi connectivity index (χ0) is 37.7. The van der Waals surface area contributed by atoms with Gasteiger partial charge in [0.05, 0.1) is 164 Å². The van der Waals surface area contributed by atoms with Gasteiger partial charge < -0.3 is 72.9 Å². The summed E-state index contributed by atoms with van der Waals surface area (Å²) in [5.41, 5.74) is 0. The Morgan fingerprint density at radius 2 is 0.943 bits per heavy atom. The minimum absolute atomic E-state index is 0.0421. The van der Waals surface area contributed by atoms with Crippen molar-refractivity contribution in [2.45, 2.75) is 43.0 Å². The molecule has 5 N–H and O–H groups in total. The second kappa shape index (κ2) is 36.2. The Labute approximate surface area is 319 Å². The normalized spacial score (nSPS) is 18.0. The number of unbranched alkanes of at least 4 members (excludes halogenated alkanes) is 1. The van der Waals surface area contributed by atoms with E-state index in [1.165, 1.54) is 0 Å². The molecule has 2 fully saturated rings. The fraction of sp³-hybridized carbons (Fsp3) is 0.941. The molecule has 2 saturated heterocycles. The highest BCUT2D eigenvalue weighted by atomic mass is 32.2. The van der Waals surface area contributed by atoms with Gasteiger partial charge in [0.1, 0.15) is 0 Å². The number of carbonyl (C=O) groups is 2. The van der Waals surface area contributed by atoms with Gasteiger partial charge in [-0.15, -0.1) is 0 Å². The van der Waals surface area contributed by atoms with Crippen LogP contribution in [0.3, 0.4) is 0 Å². The van der Waals surface area contributed by atoms with Crippen molar-refractivity contribution >= 4 is 23.7 Å². The first-order valence-corrected chi connectivity index (χ1v) is 19.9. The predicted molar refractivity (Wildman–Crippen MR) is 196 cm³/mol. The van der Waals surface area contributed by atoms with Crippen LogP contribution in [0.15, 0.2) is 0 Å². The van der Waals surface area contributed by atoms with E-state index in [-0.39, 0.29) is 24.0 Å². The Morgan fingerprint density at radius 1 is 0.566 bits per heavy atom. The first kappa shape index (κ1) is 47.7. The van der Waals surface area contributed by atoms with Gasteiger partial charge in [-0.1, -0.05) is 6.42 Å². The van der Waals surface area contributed by atoms with Gasteiger partial charge in [0.2, 0.25) is 5.91 Å². The molecule has 0 aliphatic carbocycles. The molecule has 0 bridgehead atoms. The van der Waals surface area contributed by atoms with Gasteiger partial charge in [-0.05, 0) is 12.8 Å². The maximum absolute atomic E-state index is 12.0. The highest BCUT2D eigenvalue weighted by Gasteiger charge is 2.42. The summed E-state index contributed by atoms with van der Waals surface area (Å²) >= 11 is 1.90. The van der Waals surface area contributed by atoms with E-state index in [9.17, 15) is 9.59 Å². The Morgan fingerprint density at radius 3 is 1.34 bits per heavy atom. The van der Waals surface area contributed by atoms with Gasteiger partial charge in [-0.2, -0.15) is 11.8 Å². The van der Waals surface area contributed by atoms with Crippen LogP contribution in [0.2, 0.25) is 0 Å². The molecule has 19 heteroatoms. The lowest BCUT2D eigenvalue weighted by molar-refractivity contribution is -0.121. The van der Waals surface area contributed by atoms with Gasteiger partial charge in [-0.3, -0.25) is 4.79 Å². The minimum Gasteiger partial charge on any atom is -0.377 e. The van der Waals surface area contributed by atoms with Crippen LogP contribution in [-0.2, 0) is 61.7 Å². The molecule has 0 radical (unpaired) electrons. The molecule has 312 valence electrons. The van der Waals surface area contributed by atoms with Crippen molar-refractivity contribution in [2.75, 3.05) is 164 Å². The third-order valence-electron chi connectivity index (χ3n) is 7.71. The van der Waals surface area contributed by atoms with Gasteiger partial charge in [0, 0.05) is 24.0 Å². The van der Waals surface area contributed by atoms with E-state index in [0.717, 1.165) is 25.0 Å². The number of hydrogen-bond donors (Lipinski definition) is 4. The van der Waals surface area contributed by atoms with E-state index in [1.54, 1.807) is 0 Å². The van der Waals surface area contributed by atoms with E-state index >= 15 is 0 Å². The number of fused-ring (bicyclic) bond motifs is 1. The van der Waals surface area contributed by atoms with Crippen LogP contribution in [-0.4, -0.2) is 194 Å². The molecule has 3 amide bonds. The monoisotopic (exact) mass is 786 g/mol. The van der Waals surface area contributed by atoms with Crippen LogP contribution < -0.4 is 21.8 Å². The Balaban J connectivity index is 1.14. The highest BCUT2D eigenvalue weighted by Crippen LogP contribution is 2.33. The number of nitrogens with two attached hydrogens (primary N) is 1. The van der Waals surface area contributed by atoms with E-state index in [0.29, 0.717) is 170 Å². The molecule has 0 spiro atoms. The zero-order valence-corrected chi connectivity index (χ0v) is 32.3. The quantitative estimate of drug-likeness (QED) is 0.0363. The van der Waals surface area contributed by atoms with Gasteiger partial charge in [0.15, 0.2) is 0 Å². The second-order valence-electron chi connectivity index (χ2n) is 11.8. The fourth-order valence-corrected chi connectivity index (χ4v) is 6.58. The fourth-order valence-electron chi connectivity index (χ4n) is 5.03. The largest absolute Gasteiger partial charge is 0.377 e. The lowest BCUT2D eigenvalue weighted by Crippen LogP contribution is -2.36. The van der Waals surface area contributed by atoms with Crippen LogP contribution in [0.5, 0.6) is 0 Å². The average Bonchev–Trinajstić information content (AvgIpc) is 3.72. The number of ether oxygens (including phenoxy) is 11. The second-order valence-corrected chi connectivity index (χ2v) is 13.1. The third-order valence-corrected chi connectivity index (χ3v) is 9.22. The molecule has 2 aliphatic rings. The maximum Gasteiger partial charge on any atom is 0.315 e. The van der Waals surface area contributed by atoms with Crippen LogP contribution in [0, 0.1) is 0 Å². The molecule has 0 aromatic carbocycles. The van der Waals surface area contributed by atoms with Crippen molar-refractivity contribution < 1.29 is 66.5 Å². The van der Waals surface area contributed by atoms with Crippen LogP contribution in [0.25, 0.3) is 0 Å². The molecule has 2 aliphatic heterocycles. The summed E-state index contributed by atoms with van der Waals surface area (Å²) in [6.07, 6.45) is 3.33. The maximum atomic E-state index is 12.0. The van der Waals surface area contributed by atoms with E-state index in [1.807, 2.05) is 11.8 Å². The van der Waals surface area contributed by atoms with Crippen molar-refractivity contribution in [3.05, 3.63) is 0 Å². The molecule has 0 unspecified atom stereocenters. The molecule has 0 aromatic heterocycles. The summed E-state index contributed by atoms with van der Waals surface area (Å²) in [4.78, 5) is 27.9. The van der Waals surface area contributed by atoms with E-state index in [4.69, 9.17) is 58.0 Å². The van der Waals surface area contributed by atoms with Crippen molar-refractivity contribution in [2.24, 2.45) is 5.90 Å². The number of thioether (sulfide) groups is 1. The van der Waals surface area contributed by atoms with Crippen LogP contribution >= 0.6 is 11.8 Å². The first-order valence-electron chi connectivity index (χ1n) is 18.8. The number of nitrogens with one attached hydrogen (secondary N) is 3. The lowest BCUT2D eigenvalue weighted by atomic mass is 10.0. The number of amides is 3. The third kappa shape index (κ3) is 28.6. The molecule has 0 saturated carbocycles. The van der Waals surface area contributed by atoms with Crippen molar-refractivity contribution in [1.82, 2.24) is 16.0 Å². The van der Waals surface area contributed by atoms with Crippen molar-refractivity contribution in [1.29, 1.82) is 0 Å². The summed E-state index contributed by atoms with van der Waals surface area (Å²) in [5.74, 6) is 5.90.